The van der Waals surface area contributed by atoms with Gasteiger partial charge in [0.25, 0.3) is 0 Å². The predicted octanol–water partition coefficient (Wildman–Crippen LogP) is 3.49. The molecule has 0 aromatic heterocycles. The van der Waals surface area contributed by atoms with Gasteiger partial charge in [-0.3, -0.25) is 4.79 Å². The molecule has 2 N–H and O–H groups in total. The van der Waals surface area contributed by atoms with Crippen molar-refractivity contribution in [3.05, 3.63) is 0 Å². The number of hydrogen-bond donors (Lipinski definition) is 2. The summed E-state index contributed by atoms with van der Waals surface area (Å²) < 4.78 is 0. The summed E-state index contributed by atoms with van der Waals surface area (Å²) in [5.74, 6) is 1.36. The molecule has 0 aromatic carbocycles. The Morgan fingerprint density at radius 1 is 1.19 bits per heavy atom. The summed E-state index contributed by atoms with van der Waals surface area (Å²) in [6.45, 7) is 10.3. The van der Waals surface area contributed by atoms with E-state index in [9.17, 15) is 4.79 Å². The summed E-state index contributed by atoms with van der Waals surface area (Å²) in [6.07, 6.45) is 8.11. The molecule has 0 bridgehead atoms. The zero-order valence-corrected chi connectivity index (χ0v) is 14.4. The topological polar surface area (TPSA) is 41.1 Å². The largest absolute Gasteiger partial charge is 0.353 e. The van der Waals surface area contributed by atoms with Crippen LogP contribution >= 0.6 is 0 Å². The van der Waals surface area contributed by atoms with Gasteiger partial charge in [-0.1, -0.05) is 27.2 Å². The van der Waals surface area contributed by atoms with E-state index in [1.165, 1.54) is 32.1 Å². The summed E-state index contributed by atoms with van der Waals surface area (Å²) in [5.41, 5.74) is 0.458. The lowest BCUT2D eigenvalue weighted by Crippen LogP contribution is -2.46. The number of hydrogen-bond acceptors (Lipinski definition) is 2. The third-order valence-electron chi connectivity index (χ3n) is 6.08. The number of nitrogens with one attached hydrogen (secondary N) is 2. The Kier molecular flexibility index (Phi) is 5.70. The molecule has 1 saturated heterocycles. The summed E-state index contributed by atoms with van der Waals surface area (Å²) in [5, 5.41) is 6.75. The van der Waals surface area contributed by atoms with E-state index in [4.69, 9.17) is 0 Å². The van der Waals surface area contributed by atoms with Gasteiger partial charge >= 0.3 is 0 Å². The van der Waals surface area contributed by atoms with Crippen LogP contribution in [0, 0.1) is 17.3 Å². The van der Waals surface area contributed by atoms with Crippen LogP contribution in [0.5, 0.6) is 0 Å². The molecule has 1 saturated carbocycles. The van der Waals surface area contributed by atoms with Crippen LogP contribution in [0.25, 0.3) is 0 Å². The minimum atomic E-state index is 0.228. The van der Waals surface area contributed by atoms with Crippen LogP contribution in [0.1, 0.15) is 72.6 Å². The van der Waals surface area contributed by atoms with Crippen molar-refractivity contribution in [3.8, 4) is 0 Å². The molecule has 1 aliphatic carbocycles. The molecule has 0 aromatic rings. The van der Waals surface area contributed by atoms with Crippen LogP contribution in [-0.4, -0.2) is 24.5 Å². The Morgan fingerprint density at radius 2 is 1.86 bits per heavy atom. The Balaban J connectivity index is 1.77. The van der Waals surface area contributed by atoms with Gasteiger partial charge in [-0.2, -0.15) is 0 Å². The third kappa shape index (κ3) is 4.45. The first-order chi connectivity index (χ1) is 9.92. The first-order valence-electron chi connectivity index (χ1n) is 8.96. The monoisotopic (exact) mass is 294 g/mol. The van der Waals surface area contributed by atoms with Gasteiger partial charge in [0.15, 0.2) is 0 Å². The van der Waals surface area contributed by atoms with E-state index in [1.807, 2.05) is 0 Å². The number of carbonyl (C=O) groups is 1. The van der Waals surface area contributed by atoms with Gasteiger partial charge in [-0.05, 0) is 63.3 Å². The molecule has 2 rings (SSSR count). The Labute approximate surface area is 130 Å². The highest BCUT2D eigenvalue weighted by Gasteiger charge is 2.33. The van der Waals surface area contributed by atoms with Gasteiger partial charge in [0.2, 0.25) is 5.91 Å². The smallest absolute Gasteiger partial charge is 0.223 e. The van der Waals surface area contributed by atoms with Gasteiger partial charge in [0.1, 0.15) is 0 Å². The van der Waals surface area contributed by atoms with Crippen molar-refractivity contribution in [3.63, 3.8) is 0 Å². The first kappa shape index (κ1) is 16.8. The lowest BCUT2D eigenvalue weighted by molar-refractivity contribution is -0.127. The van der Waals surface area contributed by atoms with Crippen LogP contribution in [0.4, 0.5) is 0 Å². The standard InChI is InChI=1S/C18H34N2O/c1-5-18(3,4)15-6-8-16(9-7-15)20-17(21)14-10-11-19-13(2)12-14/h13-16,19H,5-12H2,1-4H3,(H,20,21)/t13-,14-,15?,16?/m0/s1. The Bertz CT molecular complexity index is 345. The van der Waals surface area contributed by atoms with Crippen LogP contribution in [0.15, 0.2) is 0 Å². The van der Waals surface area contributed by atoms with Crippen molar-refractivity contribution in [1.82, 2.24) is 10.6 Å². The van der Waals surface area contributed by atoms with Crippen molar-refractivity contribution in [2.24, 2.45) is 17.3 Å². The summed E-state index contributed by atoms with van der Waals surface area (Å²) in [4.78, 5) is 12.4. The molecule has 21 heavy (non-hydrogen) atoms. The number of piperidine rings is 1. The van der Waals surface area contributed by atoms with E-state index in [0.717, 1.165) is 25.3 Å². The average molecular weight is 294 g/mol. The summed E-state index contributed by atoms with van der Waals surface area (Å²) in [6, 6.07) is 0.905. The number of carbonyl (C=O) groups excluding carboxylic acids is 1. The van der Waals surface area contributed by atoms with Crippen LogP contribution in [0.2, 0.25) is 0 Å². The van der Waals surface area contributed by atoms with E-state index in [1.54, 1.807) is 0 Å². The fourth-order valence-corrected chi connectivity index (χ4v) is 4.00. The third-order valence-corrected chi connectivity index (χ3v) is 6.08. The minimum Gasteiger partial charge on any atom is -0.353 e. The Hall–Kier alpha value is -0.570. The van der Waals surface area contributed by atoms with E-state index >= 15 is 0 Å². The van der Waals surface area contributed by atoms with E-state index < -0.39 is 0 Å². The van der Waals surface area contributed by atoms with Gasteiger partial charge in [-0.25, -0.2) is 0 Å². The van der Waals surface area contributed by atoms with Crippen LogP contribution in [0.3, 0.4) is 0 Å². The average Bonchev–Trinajstić information content (AvgIpc) is 2.48. The van der Waals surface area contributed by atoms with Gasteiger partial charge in [0.05, 0.1) is 0 Å². The molecule has 122 valence electrons. The predicted molar refractivity (Wildman–Crippen MR) is 88.1 cm³/mol. The molecule has 1 aliphatic heterocycles. The normalized spacial score (nSPS) is 34.5. The quantitative estimate of drug-likeness (QED) is 0.833. The van der Waals surface area contributed by atoms with Crippen molar-refractivity contribution < 1.29 is 4.79 Å². The highest BCUT2D eigenvalue weighted by molar-refractivity contribution is 5.79. The van der Waals surface area contributed by atoms with Crippen LogP contribution < -0.4 is 10.6 Å². The number of rotatable bonds is 4. The van der Waals surface area contributed by atoms with Gasteiger partial charge in [-0.15, -0.1) is 0 Å². The van der Waals surface area contributed by atoms with Crippen molar-refractivity contribution in [2.45, 2.75) is 84.7 Å². The molecular weight excluding hydrogens is 260 g/mol. The molecule has 0 radical (unpaired) electrons. The van der Waals surface area contributed by atoms with Gasteiger partial charge in [0, 0.05) is 18.0 Å². The first-order valence-corrected chi connectivity index (χ1v) is 8.96. The summed E-state index contributed by atoms with van der Waals surface area (Å²) in [7, 11) is 0. The molecule has 3 heteroatoms. The molecule has 2 aliphatic rings. The minimum absolute atomic E-state index is 0.228. The van der Waals surface area contributed by atoms with E-state index in [0.29, 0.717) is 23.4 Å². The van der Waals surface area contributed by atoms with Crippen molar-refractivity contribution in [1.29, 1.82) is 0 Å². The Morgan fingerprint density at radius 3 is 2.43 bits per heavy atom. The molecule has 1 heterocycles. The maximum absolute atomic E-state index is 12.4. The molecule has 0 spiro atoms. The molecular formula is C18H34N2O. The molecule has 0 unspecified atom stereocenters. The van der Waals surface area contributed by atoms with Crippen LogP contribution in [-0.2, 0) is 4.79 Å². The highest BCUT2D eigenvalue weighted by atomic mass is 16.1. The second-order valence-electron chi connectivity index (χ2n) is 7.98. The fourth-order valence-electron chi connectivity index (χ4n) is 4.00. The van der Waals surface area contributed by atoms with Crippen molar-refractivity contribution in [2.75, 3.05) is 6.54 Å². The molecule has 2 atom stereocenters. The second kappa shape index (κ2) is 7.13. The van der Waals surface area contributed by atoms with Gasteiger partial charge < -0.3 is 10.6 Å². The zero-order chi connectivity index (χ0) is 15.5. The SMILES string of the molecule is CCC(C)(C)C1CCC(NC(=O)[C@H]2CCN[C@@H](C)C2)CC1. The fraction of sp³-hybridized carbons (Fsp3) is 0.944. The highest BCUT2D eigenvalue weighted by Crippen LogP contribution is 2.40. The second-order valence-corrected chi connectivity index (χ2v) is 7.98. The lowest BCUT2D eigenvalue weighted by Gasteiger charge is -2.39. The maximum atomic E-state index is 12.4. The summed E-state index contributed by atoms with van der Waals surface area (Å²) >= 11 is 0. The van der Waals surface area contributed by atoms with Crippen molar-refractivity contribution >= 4 is 5.91 Å². The maximum Gasteiger partial charge on any atom is 0.223 e. The molecule has 3 nitrogen and oxygen atoms in total. The lowest BCUT2D eigenvalue weighted by atomic mass is 9.69. The molecule has 1 amide bonds. The molecule has 2 fully saturated rings. The zero-order valence-electron chi connectivity index (χ0n) is 14.4. The number of amides is 1. The van der Waals surface area contributed by atoms with E-state index in [2.05, 4.69) is 38.3 Å². The van der Waals surface area contributed by atoms with E-state index in [-0.39, 0.29) is 5.92 Å².